The number of methoxy groups -OCH3 is 1. The molecule has 0 aromatic heterocycles. The van der Waals surface area contributed by atoms with Gasteiger partial charge in [-0.1, -0.05) is 12.1 Å². The molecule has 1 aromatic rings. The van der Waals surface area contributed by atoms with E-state index < -0.39 is 5.97 Å². The van der Waals surface area contributed by atoms with Gasteiger partial charge in [-0.15, -0.1) is 0 Å². The van der Waals surface area contributed by atoms with Crippen LogP contribution in [0.1, 0.15) is 19.4 Å². The number of benzene rings is 1. The first-order valence-electron chi connectivity index (χ1n) is 6.59. The average molecular weight is 287 g/mol. The summed E-state index contributed by atoms with van der Waals surface area (Å²) in [5, 5.41) is 10.1. The SMILES string of the molecule is CCOc1ccc(C=C2N=C(C)C(C(=O)OC)=C2O)cc1. The Morgan fingerprint density at radius 1 is 1.33 bits per heavy atom. The Hall–Kier alpha value is -2.56. The molecule has 0 radical (unpaired) electrons. The van der Waals surface area contributed by atoms with Crippen molar-refractivity contribution in [2.75, 3.05) is 13.7 Å². The maximum absolute atomic E-state index is 11.6. The first-order chi connectivity index (χ1) is 10.1. The van der Waals surface area contributed by atoms with Crippen molar-refractivity contribution in [3.8, 4) is 5.75 Å². The first-order valence-corrected chi connectivity index (χ1v) is 6.59. The fraction of sp³-hybridized carbons (Fsp3) is 0.250. The molecule has 0 fully saturated rings. The topological polar surface area (TPSA) is 68.1 Å². The Balaban J connectivity index is 2.30. The number of ether oxygens (including phenoxy) is 2. The fourth-order valence-electron chi connectivity index (χ4n) is 2.02. The van der Waals surface area contributed by atoms with Crippen LogP contribution in [-0.2, 0) is 9.53 Å². The number of carbonyl (C=O) groups is 1. The third-order valence-corrected chi connectivity index (χ3v) is 3.01. The smallest absolute Gasteiger partial charge is 0.343 e. The highest BCUT2D eigenvalue weighted by Gasteiger charge is 2.27. The van der Waals surface area contributed by atoms with Crippen LogP contribution in [0, 0.1) is 0 Å². The van der Waals surface area contributed by atoms with Crippen LogP contribution < -0.4 is 4.74 Å². The molecule has 1 N–H and O–H groups in total. The lowest BCUT2D eigenvalue weighted by Crippen LogP contribution is -2.11. The van der Waals surface area contributed by atoms with Crippen LogP contribution in [-0.4, -0.2) is 30.5 Å². The zero-order chi connectivity index (χ0) is 15.4. The summed E-state index contributed by atoms with van der Waals surface area (Å²) in [5.74, 6) is 0.0258. The average Bonchev–Trinajstić information content (AvgIpc) is 2.75. The molecule has 1 aliphatic rings. The quantitative estimate of drug-likeness (QED) is 0.865. The minimum atomic E-state index is -0.594. The van der Waals surface area contributed by atoms with Crippen molar-refractivity contribution in [2.45, 2.75) is 13.8 Å². The first kappa shape index (κ1) is 14.8. The van der Waals surface area contributed by atoms with Crippen molar-refractivity contribution < 1.29 is 19.4 Å². The molecule has 0 saturated carbocycles. The number of esters is 1. The van der Waals surface area contributed by atoms with Crippen LogP contribution >= 0.6 is 0 Å². The van der Waals surface area contributed by atoms with E-state index >= 15 is 0 Å². The Labute approximate surface area is 123 Å². The predicted octanol–water partition coefficient (Wildman–Crippen LogP) is 2.89. The van der Waals surface area contributed by atoms with Gasteiger partial charge in [0.15, 0.2) is 5.76 Å². The van der Waals surface area contributed by atoms with Crippen LogP contribution in [0.5, 0.6) is 5.75 Å². The summed E-state index contributed by atoms with van der Waals surface area (Å²) in [5.41, 5.74) is 1.74. The molecule has 0 spiro atoms. The van der Waals surface area contributed by atoms with Crippen LogP contribution in [0.25, 0.3) is 6.08 Å². The molecule has 1 heterocycles. The van der Waals surface area contributed by atoms with E-state index in [0.717, 1.165) is 11.3 Å². The molecule has 0 saturated heterocycles. The monoisotopic (exact) mass is 287 g/mol. The third kappa shape index (κ3) is 3.13. The third-order valence-electron chi connectivity index (χ3n) is 3.01. The molecule has 0 bridgehead atoms. The maximum atomic E-state index is 11.6. The number of aliphatic hydroxyl groups excluding tert-OH is 1. The van der Waals surface area contributed by atoms with Crippen LogP contribution in [0.4, 0.5) is 0 Å². The zero-order valence-electron chi connectivity index (χ0n) is 12.2. The lowest BCUT2D eigenvalue weighted by Gasteiger charge is -2.03. The molecule has 0 aliphatic carbocycles. The van der Waals surface area contributed by atoms with Crippen molar-refractivity contribution in [3.05, 3.63) is 46.9 Å². The molecule has 110 valence electrons. The number of carbonyl (C=O) groups excluding carboxylic acids is 1. The molecule has 5 heteroatoms. The summed E-state index contributed by atoms with van der Waals surface area (Å²) in [6, 6.07) is 7.38. The van der Waals surface area contributed by atoms with E-state index in [2.05, 4.69) is 9.73 Å². The number of rotatable bonds is 4. The van der Waals surface area contributed by atoms with Crippen LogP contribution in [0.3, 0.4) is 0 Å². The van der Waals surface area contributed by atoms with Gasteiger partial charge in [-0.2, -0.15) is 0 Å². The molecule has 0 amide bonds. The van der Waals surface area contributed by atoms with Crippen molar-refractivity contribution in [3.63, 3.8) is 0 Å². The number of nitrogens with zero attached hydrogens (tertiary/aromatic N) is 1. The summed E-state index contributed by atoms with van der Waals surface area (Å²) >= 11 is 0. The van der Waals surface area contributed by atoms with E-state index in [9.17, 15) is 9.90 Å². The van der Waals surface area contributed by atoms with Crippen LogP contribution in [0.2, 0.25) is 0 Å². The second-order valence-electron chi connectivity index (χ2n) is 4.44. The van der Waals surface area contributed by atoms with Gasteiger partial charge in [0, 0.05) is 0 Å². The van der Waals surface area contributed by atoms with Gasteiger partial charge in [0.05, 0.1) is 19.4 Å². The lowest BCUT2D eigenvalue weighted by atomic mass is 10.1. The Bertz CT molecular complexity index is 639. The van der Waals surface area contributed by atoms with E-state index in [-0.39, 0.29) is 11.3 Å². The minimum Gasteiger partial charge on any atom is -0.505 e. The molecule has 0 unspecified atom stereocenters. The van der Waals surface area contributed by atoms with Crippen LogP contribution in [0.15, 0.2) is 46.3 Å². The van der Waals surface area contributed by atoms with E-state index in [1.807, 2.05) is 31.2 Å². The fourth-order valence-corrected chi connectivity index (χ4v) is 2.02. The highest BCUT2D eigenvalue weighted by molar-refractivity contribution is 6.21. The summed E-state index contributed by atoms with van der Waals surface area (Å²) < 4.78 is 10.00. The van der Waals surface area contributed by atoms with E-state index in [1.165, 1.54) is 7.11 Å². The standard InChI is InChI=1S/C16H17NO4/c1-4-21-12-7-5-11(6-8-12)9-13-15(18)14(10(2)17-13)16(19)20-3/h5-9,18H,4H2,1-3H3. The van der Waals surface area contributed by atoms with Gasteiger partial charge in [0.2, 0.25) is 0 Å². The van der Waals surface area contributed by atoms with Gasteiger partial charge in [-0.25, -0.2) is 9.79 Å². The molecule has 0 atom stereocenters. The highest BCUT2D eigenvalue weighted by atomic mass is 16.5. The number of hydrogen-bond acceptors (Lipinski definition) is 5. The van der Waals surface area contributed by atoms with Gasteiger partial charge in [-0.05, 0) is 37.6 Å². The molecule has 1 aliphatic heterocycles. The number of aliphatic hydroxyl groups is 1. The van der Waals surface area contributed by atoms with Gasteiger partial charge >= 0.3 is 5.97 Å². The Kier molecular flexibility index (Phi) is 4.42. The van der Waals surface area contributed by atoms with Crippen molar-refractivity contribution in [2.24, 2.45) is 4.99 Å². The molecule has 21 heavy (non-hydrogen) atoms. The van der Waals surface area contributed by atoms with Crippen molar-refractivity contribution in [1.82, 2.24) is 0 Å². The van der Waals surface area contributed by atoms with Crippen molar-refractivity contribution in [1.29, 1.82) is 0 Å². The summed E-state index contributed by atoms with van der Waals surface area (Å²) in [6.45, 7) is 4.18. The van der Waals surface area contributed by atoms with Gasteiger partial charge in [0.25, 0.3) is 0 Å². The van der Waals surface area contributed by atoms with Gasteiger partial charge < -0.3 is 14.6 Å². The normalized spacial score (nSPS) is 16.1. The second-order valence-corrected chi connectivity index (χ2v) is 4.44. The predicted molar refractivity (Wildman–Crippen MR) is 80.4 cm³/mol. The van der Waals surface area contributed by atoms with Crippen molar-refractivity contribution >= 4 is 17.8 Å². The summed E-state index contributed by atoms with van der Waals surface area (Å²) in [7, 11) is 1.27. The maximum Gasteiger partial charge on any atom is 0.343 e. The molecule has 1 aromatic carbocycles. The van der Waals surface area contributed by atoms with E-state index in [1.54, 1.807) is 13.0 Å². The highest BCUT2D eigenvalue weighted by Crippen LogP contribution is 2.26. The molecular weight excluding hydrogens is 270 g/mol. The number of aliphatic imine (C=N–C) groups is 1. The lowest BCUT2D eigenvalue weighted by molar-refractivity contribution is -0.135. The van der Waals surface area contributed by atoms with Gasteiger partial charge in [-0.3, -0.25) is 0 Å². The summed E-state index contributed by atoms with van der Waals surface area (Å²) in [4.78, 5) is 15.8. The molecular formula is C16H17NO4. The zero-order valence-corrected chi connectivity index (χ0v) is 12.2. The molecule has 2 rings (SSSR count). The Morgan fingerprint density at radius 2 is 2.00 bits per heavy atom. The van der Waals surface area contributed by atoms with E-state index in [0.29, 0.717) is 18.0 Å². The second kappa shape index (κ2) is 6.26. The Morgan fingerprint density at radius 3 is 2.57 bits per heavy atom. The largest absolute Gasteiger partial charge is 0.505 e. The van der Waals surface area contributed by atoms with E-state index in [4.69, 9.17) is 4.74 Å². The minimum absolute atomic E-state index is 0.106. The summed E-state index contributed by atoms with van der Waals surface area (Å²) in [6.07, 6.45) is 1.70. The molecule has 5 nitrogen and oxygen atoms in total. The number of hydrogen-bond donors (Lipinski definition) is 1. The van der Waals surface area contributed by atoms with Gasteiger partial charge in [0.1, 0.15) is 17.0 Å².